The average Bonchev–Trinajstić information content (AvgIpc) is 3.04. The normalized spacial score (nSPS) is 18.4. The Morgan fingerprint density at radius 1 is 1.26 bits per heavy atom. The summed E-state index contributed by atoms with van der Waals surface area (Å²) in [6.07, 6.45) is 3.55. The number of hydrogen-bond donors (Lipinski definition) is 0. The van der Waals surface area contributed by atoms with E-state index in [2.05, 4.69) is 5.10 Å². The van der Waals surface area contributed by atoms with E-state index >= 15 is 0 Å². The summed E-state index contributed by atoms with van der Waals surface area (Å²) < 4.78 is 39.1. The van der Waals surface area contributed by atoms with E-state index in [-0.39, 0.29) is 17.6 Å². The number of halogens is 3. The van der Waals surface area contributed by atoms with Gasteiger partial charge in [0.25, 0.3) is 5.91 Å². The van der Waals surface area contributed by atoms with Crippen molar-refractivity contribution in [3.05, 3.63) is 53.6 Å². The molecule has 1 aliphatic heterocycles. The van der Waals surface area contributed by atoms with Gasteiger partial charge in [-0.05, 0) is 43.0 Å². The highest BCUT2D eigenvalue weighted by molar-refractivity contribution is 5.92. The fourth-order valence-electron chi connectivity index (χ4n) is 2.94. The Hall–Kier alpha value is -2.31. The highest BCUT2D eigenvalue weighted by atomic mass is 19.3. The Bertz CT molecular complexity index is 701. The molecule has 1 fully saturated rings. The zero-order valence-corrected chi connectivity index (χ0v) is 12.3. The zero-order chi connectivity index (χ0) is 16.4. The lowest BCUT2D eigenvalue weighted by atomic mass is 9.95. The summed E-state index contributed by atoms with van der Waals surface area (Å²) in [5.74, 6) is -0.763. The van der Waals surface area contributed by atoms with Crippen molar-refractivity contribution in [2.75, 3.05) is 6.54 Å². The van der Waals surface area contributed by atoms with Gasteiger partial charge in [-0.25, -0.2) is 9.07 Å². The van der Waals surface area contributed by atoms with Crippen molar-refractivity contribution in [2.45, 2.75) is 31.9 Å². The Balaban J connectivity index is 1.87. The quantitative estimate of drug-likeness (QED) is 0.862. The summed E-state index contributed by atoms with van der Waals surface area (Å²) in [6.45, 7) is -2.28. The molecule has 1 aliphatic rings. The standard InChI is InChI=1S/C16H16F3N3O/c17-12-5-3-4-11(10-12)14-6-1-2-8-21(14)15(23)13-7-9-22(20-13)16(18)19/h3-5,7,9-10,14,16H,1-2,6,8H2/t14-/m1/s1. The number of carbonyl (C=O) groups is 1. The smallest absolute Gasteiger partial charge is 0.330 e. The fraction of sp³-hybridized carbons (Fsp3) is 0.375. The van der Waals surface area contributed by atoms with Gasteiger partial charge < -0.3 is 4.90 Å². The van der Waals surface area contributed by atoms with Crippen LogP contribution in [0.4, 0.5) is 13.2 Å². The second kappa shape index (κ2) is 6.44. The van der Waals surface area contributed by atoms with E-state index in [1.807, 2.05) is 0 Å². The predicted octanol–water partition coefficient (Wildman–Crippen LogP) is 3.78. The van der Waals surface area contributed by atoms with Crippen molar-refractivity contribution in [1.82, 2.24) is 14.7 Å². The van der Waals surface area contributed by atoms with Crippen LogP contribution in [0.5, 0.6) is 0 Å². The summed E-state index contributed by atoms with van der Waals surface area (Å²) >= 11 is 0. The third-order valence-electron chi connectivity index (χ3n) is 4.02. The monoisotopic (exact) mass is 323 g/mol. The van der Waals surface area contributed by atoms with E-state index in [9.17, 15) is 18.0 Å². The van der Waals surface area contributed by atoms with Crippen LogP contribution in [0.1, 0.15) is 47.9 Å². The van der Waals surface area contributed by atoms with Gasteiger partial charge in [-0.2, -0.15) is 13.9 Å². The predicted molar refractivity (Wildman–Crippen MR) is 77.5 cm³/mol. The van der Waals surface area contributed by atoms with Crippen LogP contribution in [-0.4, -0.2) is 27.1 Å². The lowest BCUT2D eigenvalue weighted by molar-refractivity contribution is 0.0527. The van der Waals surface area contributed by atoms with E-state index in [0.29, 0.717) is 23.2 Å². The zero-order valence-electron chi connectivity index (χ0n) is 12.3. The van der Waals surface area contributed by atoms with Crippen molar-refractivity contribution >= 4 is 5.91 Å². The first kappa shape index (κ1) is 15.6. The number of aromatic nitrogens is 2. The van der Waals surface area contributed by atoms with E-state index in [4.69, 9.17) is 0 Å². The third-order valence-corrected chi connectivity index (χ3v) is 4.02. The second-order valence-electron chi connectivity index (χ2n) is 5.52. The molecule has 4 nitrogen and oxygen atoms in total. The van der Waals surface area contributed by atoms with Crippen molar-refractivity contribution in [3.8, 4) is 0 Å². The maximum absolute atomic E-state index is 13.5. The van der Waals surface area contributed by atoms with E-state index in [0.717, 1.165) is 19.0 Å². The van der Waals surface area contributed by atoms with E-state index in [1.165, 1.54) is 18.2 Å². The van der Waals surface area contributed by atoms with Crippen molar-refractivity contribution in [3.63, 3.8) is 0 Å². The largest absolute Gasteiger partial charge is 0.333 e. The molecule has 3 rings (SSSR count). The highest BCUT2D eigenvalue weighted by Gasteiger charge is 2.30. The van der Waals surface area contributed by atoms with Crippen LogP contribution in [0.15, 0.2) is 36.5 Å². The van der Waals surface area contributed by atoms with Crippen LogP contribution >= 0.6 is 0 Å². The lowest BCUT2D eigenvalue weighted by Crippen LogP contribution is -2.38. The Labute approximate surface area is 131 Å². The number of alkyl halides is 2. The molecule has 0 unspecified atom stereocenters. The van der Waals surface area contributed by atoms with Crippen LogP contribution in [0.25, 0.3) is 0 Å². The molecule has 1 aromatic heterocycles. The SMILES string of the molecule is O=C(c1ccn(C(F)F)n1)N1CCCC[C@@H]1c1cccc(F)c1. The summed E-state index contributed by atoms with van der Waals surface area (Å²) in [7, 11) is 0. The van der Waals surface area contributed by atoms with Crippen molar-refractivity contribution in [2.24, 2.45) is 0 Å². The number of likely N-dealkylation sites (tertiary alicyclic amines) is 1. The number of nitrogens with zero attached hydrogens (tertiary/aromatic N) is 3. The number of piperidine rings is 1. The number of hydrogen-bond acceptors (Lipinski definition) is 2. The minimum atomic E-state index is -2.78. The summed E-state index contributed by atoms with van der Waals surface area (Å²) in [5.41, 5.74) is 0.694. The van der Waals surface area contributed by atoms with Crippen LogP contribution in [-0.2, 0) is 0 Å². The molecule has 1 aromatic carbocycles. The highest BCUT2D eigenvalue weighted by Crippen LogP contribution is 2.32. The molecule has 0 saturated carbocycles. The molecular formula is C16H16F3N3O. The second-order valence-corrected chi connectivity index (χ2v) is 5.52. The van der Waals surface area contributed by atoms with E-state index in [1.54, 1.807) is 17.0 Å². The van der Waals surface area contributed by atoms with Crippen LogP contribution < -0.4 is 0 Å². The molecule has 7 heteroatoms. The van der Waals surface area contributed by atoms with Gasteiger partial charge in [0.1, 0.15) is 5.82 Å². The minimum Gasteiger partial charge on any atom is -0.330 e. The first-order chi connectivity index (χ1) is 11.1. The third kappa shape index (κ3) is 3.23. The lowest BCUT2D eigenvalue weighted by Gasteiger charge is -2.35. The summed E-state index contributed by atoms with van der Waals surface area (Å²) in [4.78, 5) is 14.2. The molecular weight excluding hydrogens is 307 g/mol. The first-order valence-electron chi connectivity index (χ1n) is 7.46. The molecule has 1 atom stereocenters. The first-order valence-corrected chi connectivity index (χ1v) is 7.46. The van der Waals surface area contributed by atoms with Crippen LogP contribution in [0, 0.1) is 5.82 Å². The number of amides is 1. The molecule has 0 radical (unpaired) electrons. The maximum atomic E-state index is 13.5. The Morgan fingerprint density at radius 3 is 2.78 bits per heavy atom. The molecule has 23 heavy (non-hydrogen) atoms. The molecule has 2 aromatic rings. The van der Waals surface area contributed by atoms with Gasteiger partial charge in [-0.15, -0.1) is 0 Å². The van der Waals surface area contributed by atoms with Crippen molar-refractivity contribution in [1.29, 1.82) is 0 Å². The minimum absolute atomic E-state index is 0.0198. The number of benzene rings is 1. The topological polar surface area (TPSA) is 38.1 Å². The van der Waals surface area contributed by atoms with Gasteiger partial charge in [-0.1, -0.05) is 12.1 Å². The van der Waals surface area contributed by atoms with Gasteiger partial charge >= 0.3 is 6.55 Å². The van der Waals surface area contributed by atoms with Crippen LogP contribution in [0.3, 0.4) is 0 Å². The number of rotatable bonds is 3. The van der Waals surface area contributed by atoms with Gasteiger partial charge in [0, 0.05) is 12.7 Å². The van der Waals surface area contributed by atoms with Gasteiger partial charge in [0.15, 0.2) is 5.69 Å². The molecule has 122 valence electrons. The van der Waals surface area contributed by atoms with Gasteiger partial charge in [-0.3, -0.25) is 4.79 Å². The van der Waals surface area contributed by atoms with Gasteiger partial charge in [0.05, 0.1) is 6.04 Å². The molecule has 0 N–H and O–H groups in total. The fourth-order valence-corrected chi connectivity index (χ4v) is 2.94. The van der Waals surface area contributed by atoms with E-state index < -0.39 is 12.5 Å². The van der Waals surface area contributed by atoms with Crippen LogP contribution in [0.2, 0.25) is 0 Å². The molecule has 0 spiro atoms. The Kier molecular flexibility index (Phi) is 4.36. The van der Waals surface area contributed by atoms with Crippen molar-refractivity contribution < 1.29 is 18.0 Å². The summed E-state index contributed by atoms with van der Waals surface area (Å²) in [6, 6.07) is 7.16. The molecule has 0 bridgehead atoms. The average molecular weight is 323 g/mol. The molecule has 2 heterocycles. The Morgan fingerprint density at radius 2 is 2.09 bits per heavy atom. The maximum Gasteiger partial charge on any atom is 0.333 e. The summed E-state index contributed by atoms with van der Waals surface area (Å²) in [5, 5.41) is 3.63. The molecule has 1 amide bonds. The van der Waals surface area contributed by atoms with Gasteiger partial charge in [0.2, 0.25) is 0 Å². The number of carbonyl (C=O) groups excluding carboxylic acids is 1. The molecule has 0 aliphatic carbocycles. The molecule has 1 saturated heterocycles.